The topological polar surface area (TPSA) is 46.2 Å². The summed E-state index contributed by atoms with van der Waals surface area (Å²) in [4.78, 5) is -0.241. The first-order valence-electron chi connectivity index (χ1n) is 5.80. The second kappa shape index (κ2) is 5.40. The van der Waals surface area contributed by atoms with Crippen LogP contribution in [-0.2, 0) is 16.2 Å². The molecular formula is C14H11F3NO2S. The lowest BCUT2D eigenvalue weighted by Crippen LogP contribution is -2.13. The normalized spacial score (nSPS) is 12.2. The Morgan fingerprint density at radius 3 is 1.90 bits per heavy atom. The summed E-state index contributed by atoms with van der Waals surface area (Å²) in [6.07, 6.45) is -4.50. The monoisotopic (exact) mass is 314 g/mol. The van der Waals surface area contributed by atoms with Gasteiger partial charge in [-0.3, -0.25) is 4.72 Å². The minimum absolute atomic E-state index is 0.241. The second-order valence-electron chi connectivity index (χ2n) is 4.32. The Balaban J connectivity index is 2.25. The van der Waals surface area contributed by atoms with Gasteiger partial charge in [-0.05, 0) is 48.9 Å². The molecule has 0 bridgehead atoms. The molecular weight excluding hydrogens is 303 g/mol. The number of anilines is 1. The molecule has 1 N–H and O–H groups in total. The van der Waals surface area contributed by atoms with Gasteiger partial charge in [-0.2, -0.15) is 13.2 Å². The molecule has 0 saturated heterocycles. The van der Waals surface area contributed by atoms with Crippen LogP contribution >= 0.6 is 0 Å². The summed E-state index contributed by atoms with van der Waals surface area (Å²) in [5.41, 5.74) is 0.123. The van der Waals surface area contributed by atoms with Crippen LogP contribution < -0.4 is 4.72 Å². The third-order valence-electron chi connectivity index (χ3n) is 2.70. The van der Waals surface area contributed by atoms with E-state index in [1.807, 2.05) is 0 Å². The Morgan fingerprint density at radius 2 is 1.43 bits per heavy atom. The highest BCUT2D eigenvalue weighted by atomic mass is 32.2. The van der Waals surface area contributed by atoms with E-state index in [1.54, 1.807) is 12.1 Å². The van der Waals surface area contributed by atoms with Gasteiger partial charge in [0.1, 0.15) is 0 Å². The first-order valence-corrected chi connectivity index (χ1v) is 7.29. The highest BCUT2D eigenvalue weighted by Gasteiger charge is 2.30. The molecule has 21 heavy (non-hydrogen) atoms. The molecule has 3 nitrogen and oxygen atoms in total. The number of hydrogen-bond acceptors (Lipinski definition) is 2. The van der Waals surface area contributed by atoms with Crippen LogP contribution in [0.15, 0.2) is 53.4 Å². The fraction of sp³-hybridized carbons (Fsp3) is 0.0714. The zero-order valence-corrected chi connectivity index (χ0v) is 11.5. The summed E-state index contributed by atoms with van der Waals surface area (Å²) in [7, 11) is -3.93. The third kappa shape index (κ3) is 3.75. The van der Waals surface area contributed by atoms with Crippen molar-refractivity contribution < 1.29 is 21.6 Å². The van der Waals surface area contributed by atoms with Gasteiger partial charge in [0.05, 0.1) is 10.5 Å². The summed E-state index contributed by atoms with van der Waals surface area (Å²) < 4.78 is 63.7. The maximum atomic E-state index is 12.4. The number of nitrogens with one attached hydrogen (secondary N) is 1. The number of sulfonamides is 1. The van der Waals surface area contributed by atoms with Gasteiger partial charge in [0.25, 0.3) is 10.0 Å². The van der Waals surface area contributed by atoms with Crippen molar-refractivity contribution in [2.45, 2.75) is 11.1 Å². The number of halogens is 3. The molecule has 0 aliphatic carbocycles. The molecule has 0 aliphatic rings. The van der Waals surface area contributed by atoms with E-state index in [0.717, 1.165) is 24.3 Å². The van der Waals surface area contributed by atoms with E-state index in [4.69, 9.17) is 0 Å². The van der Waals surface area contributed by atoms with Gasteiger partial charge in [0.15, 0.2) is 0 Å². The lowest BCUT2D eigenvalue weighted by Gasteiger charge is -2.10. The van der Waals surface area contributed by atoms with Crippen LogP contribution in [0.5, 0.6) is 0 Å². The molecule has 0 unspecified atom stereocenters. The van der Waals surface area contributed by atoms with Crippen LogP contribution in [0.1, 0.15) is 11.1 Å². The van der Waals surface area contributed by atoms with Crippen LogP contribution in [0.3, 0.4) is 0 Å². The molecule has 0 saturated carbocycles. The van der Waals surface area contributed by atoms with Crippen LogP contribution in [0, 0.1) is 6.92 Å². The Morgan fingerprint density at radius 1 is 0.905 bits per heavy atom. The van der Waals surface area contributed by atoms with Crippen molar-refractivity contribution in [2.24, 2.45) is 0 Å². The van der Waals surface area contributed by atoms with Crippen molar-refractivity contribution in [3.8, 4) is 0 Å². The van der Waals surface area contributed by atoms with E-state index in [1.165, 1.54) is 12.1 Å². The fourth-order valence-electron chi connectivity index (χ4n) is 1.61. The summed E-state index contributed by atoms with van der Waals surface area (Å²) in [6.45, 7) is 3.67. The predicted octanol–water partition coefficient (Wildman–Crippen LogP) is 3.69. The van der Waals surface area contributed by atoms with Crippen molar-refractivity contribution in [2.75, 3.05) is 4.72 Å². The van der Waals surface area contributed by atoms with Gasteiger partial charge in [0.2, 0.25) is 0 Å². The summed E-state index contributed by atoms with van der Waals surface area (Å²) in [5.74, 6) is 0. The first-order chi connectivity index (χ1) is 9.68. The second-order valence-corrected chi connectivity index (χ2v) is 6.01. The molecule has 0 amide bonds. The maximum Gasteiger partial charge on any atom is 0.416 e. The number of benzene rings is 2. The molecule has 0 aliphatic heterocycles. The molecule has 111 valence electrons. The van der Waals surface area contributed by atoms with E-state index in [0.29, 0.717) is 11.3 Å². The molecule has 2 aromatic rings. The van der Waals surface area contributed by atoms with E-state index in [-0.39, 0.29) is 4.90 Å². The minimum atomic E-state index is -4.50. The molecule has 2 aromatic carbocycles. The van der Waals surface area contributed by atoms with Crippen LogP contribution in [-0.4, -0.2) is 8.42 Å². The van der Waals surface area contributed by atoms with Crippen molar-refractivity contribution in [1.29, 1.82) is 0 Å². The van der Waals surface area contributed by atoms with Gasteiger partial charge in [-0.15, -0.1) is 0 Å². The van der Waals surface area contributed by atoms with E-state index >= 15 is 0 Å². The van der Waals surface area contributed by atoms with Crippen molar-refractivity contribution in [3.05, 3.63) is 66.6 Å². The predicted molar refractivity (Wildman–Crippen MR) is 73.2 cm³/mol. The molecule has 0 heterocycles. The van der Waals surface area contributed by atoms with E-state index in [9.17, 15) is 21.6 Å². The zero-order valence-electron chi connectivity index (χ0n) is 10.7. The highest BCUT2D eigenvalue weighted by molar-refractivity contribution is 7.92. The fourth-order valence-corrected chi connectivity index (χ4v) is 2.67. The summed E-state index contributed by atoms with van der Waals surface area (Å²) in [6, 6.07) is 9.56. The SMILES string of the molecule is [CH2]c1ccc(NS(=O)(=O)c2ccc(C(F)(F)F)cc2)cc1. The quantitative estimate of drug-likeness (QED) is 0.939. The Kier molecular flexibility index (Phi) is 3.95. The number of alkyl halides is 3. The molecule has 0 fully saturated rings. The molecule has 0 spiro atoms. The lowest BCUT2D eigenvalue weighted by molar-refractivity contribution is -0.137. The van der Waals surface area contributed by atoms with Crippen LogP contribution in [0.4, 0.5) is 18.9 Å². The van der Waals surface area contributed by atoms with Gasteiger partial charge >= 0.3 is 6.18 Å². The standard InChI is InChI=1S/C14H11F3NO2S/c1-10-2-6-12(7-3-10)18-21(19,20)13-8-4-11(5-9-13)14(15,16)17/h2-9,18H,1H2. The van der Waals surface area contributed by atoms with Crippen LogP contribution in [0.25, 0.3) is 0 Å². The smallest absolute Gasteiger partial charge is 0.280 e. The third-order valence-corrected chi connectivity index (χ3v) is 4.10. The number of hydrogen-bond donors (Lipinski definition) is 1. The minimum Gasteiger partial charge on any atom is -0.280 e. The highest BCUT2D eigenvalue weighted by Crippen LogP contribution is 2.30. The lowest BCUT2D eigenvalue weighted by atomic mass is 10.2. The van der Waals surface area contributed by atoms with Crippen molar-refractivity contribution in [1.82, 2.24) is 0 Å². The zero-order chi connectivity index (χ0) is 15.7. The Hall–Kier alpha value is -2.02. The molecule has 0 aromatic heterocycles. The van der Waals surface area contributed by atoms with E-state index in [2.05, 4.69) is 11.6 Å². The van der Waals surface area contributed by atoms with Crippen LogP contribution in [0.2, 0.25) is 0 Å². The van der Waals surface area contributed by atoms with Gasteiger partial charge in [0, 0.05) is 5.69 Å². The molecule has 1 radical (unpaired) electrons. The molecule has 2 rings (SSSR count). The first kappa shape index (κ1) is 15.4. The van der Waals surface area contributed by atoms with Crippen molar-refractivity contribution in [3.63, 3.8) is 0 Å². The van der Waals surface area contributed by atoms with Gasteiger partial charge in [-0.25, -0.2) is 8.42 Å². The Labute approximate surface area is 120 Å². The van der Waals surface area contributed by atoms with Crippen molar-refractivity contribution >= 4 is 15.7 Å². The Bertz CT molecular complexity index is 720. The summed E-state index contributed by atoms with van der Waals surface area (Å²) in [5, 5.41) is 0. The largest absolute Gasteiger partial charge is 0.416 e. The average Bonchev–Trinajstić information content (AvgIpc) is 2.40. The van der Waals surface area contributed by atoms with Gasteiger partial charge in [-0.1, -0.05) is 12.1 Å². The number of rotatable bonds is 3. The van der Waals surface area contributed by atoms with E-state index < -0.39 is 21.8 Å². The average molecular weight is 314 g/mol. The maximum absolute atomic E-state index is 12.4. The van der Waals surface area contributed by atoms with Gasteiger partial charge < -0.3 is 0 Å². The summed E-state index contributed by atoms with van der Waals surface area (Å²) >= 11 is 0. The molecule has 7 heteroatoms. The molecule has 0 atom stereocenters.